The zero-order valence-corrected chi connectivity index (χ0v) is 39.2. The van der Waals surface area contributed by atoms with E-state index in [1.807, 2.05) is 92.6 Å². The fraction of sp³-hybridized carbons (Fsp3) is 0.565. The lowest BCUT2D eigenvalue weighted by Crippen LogP contribution is -2.49. The zero-order valence-electron chi connectivity index (χ0n) is 39.2. The normalized spacial score (nSPS) is 15.8. The number of amides is 2. The molecule has 0 atom stereocenters. The van der Waals surface area contributed by atoms with Crippen molar-refractivity contribution in [2.75, 3.05) is 52.4 Å². The van der Waals surface area contributed by atoms with Gasteiger partial charge in [0.15, 0.2) is 0 Å². The molecule has 2 aliphatic heterocycles. The monoisotopic (exact) mass is 875 g/mol. The molecule has 63 heavy (non-hydrogen) atoms. The van der Waals surface area contributed by atoms with Gasteiger partial charge in [-0.05, 0) is 131 Å². The molecule has 2 aromatic heterocycles. The topological polar surface area (TPSA) is 168 Å². The van der Waals surface area contributed by atoms with Gasteiger partial charge in [-0.1, -0.05) is 12.1 Å². The van der Waals surface area contributed by atoms with Crippen molar-refractivity contribution in [1.82, 2.24) is 28.7 Å². The Hall–Kier alpha value is -5.10. The van der Waals surface area contributed by atoms with Gasteiger partial charge in [0.1, 0.15) is 22.4 Å². The highest BCUT2D eigenvalue weighted by atomic mass is 16.6. The molecule has 2 fully saturated rings. The third-order valence-electron chi connectivity index (χ3n) is 9.94. The summed E-state index contributed by atoms with van der Waals surface area (Å²) in [5.74, 6) is 0. The van der Waals surface area contributed by atoms with Gasteiger partial charge in [-0.2, -0.15) is 0 Å². The Morgan fingerprint density at radius 3 is 1.33 bits per heavy atom. The third kappa shape index (κ3) is 14.2. The number of carbonyl (C=O) groups excluding carboxylic acids is 4. The fourth-order valence-electron chi connectivity index (χ4n) is 7.19. The summed E-state index contributed by atoms with van der Waals surface area (Å²) < 4.78 is 24.6. The van der Waals surface area contributed by atoms with Crippen LogP contribution in [0.4, 0.5) is 19.2 Å². The van der Waals surface area contributed by atoms with Crippen LogP contribution in [0.2, 0.25) is 0 Å². The molecule has 0 bridgehead atoms. The summed E-state index contributed by atoms with van der Waals surface area (Å²) in [6.45, 7) is 29.1. The number of benzene rings is 2. The van der Waals surface area contributed by atoms with E-state index in [0.29, 0.717) is 43.6 Å². The first-order valence-corrected chi connectivity index (χ1v) is 21.6. The summed E-state index contributed by atoms with van der Waals surface area (Å²) in [6.07, 6.45) is 0.187. The highest BCUT2D eigenvalue weighted by Crippen LogP contribution is 2.23. The Morgan fingerprint density at radius 1 is 0.508 bits per heavy atom. The van der Waals surface area contributed by atoms with Crippen molar-refractivity contribution in [3.63, 3.8) is 0 Å². The SMILES string of the molecule is CC(C)(C)OC(=O)N1CCN(Cc2ccc3c(c2)cc(B(O)O)n3C(=O)OC(C)(C)C)CC1.CC(C)(C)OC(=O)N1CCN(Cc2ccc3c(ccn3C(=O)OC(C)(C)C)c2)CC1. The van der Waals surface area contributed by atoms with Crippen molar-refractivity contribution >= 4 is 58.9 Å². The molecule has 0 radical (unpaired) electrons. The van der Waals surface area contributed by atoms with Crippen LogP contribution in [0.15, 0.2) is 54.7 Å². The summed E-state index contributed by atoms with van der Waals surface area (Å²) in [7, 11) is -1.81. The number of hydrogen-bond donors (Lipinski definition) is 2. The number of rotatable bonds is 5. The van der Waals surface area contributed by atoms with Crippen LogP contribution >= 0.6 is 0 Å². The first kappa shape index (κ1) is 48.9. The maximum absolute atomic E-state index is 12.7. The van der Waals surface area contributed by atoms with Crippen LogP contribution in [0.3, 0.4) is 0 Å². The average Bonchev–Trinajstić information content (AvgIpc) is 3.75. The predicted octanol–water partition coefficient (Wildman–Crippen LogP) is 6.63. The number of carbonyl (C=O) groups is 4. The van der Waals surface area contributed by atoms with E-state index in [4.69, 9.17) is 18.9 Å². The van der Waals surface area contributed by atoms with Gasteiger partial charge in [0.05, 0.1) is 16.6 Å². The zero-order chi connectivity index (χ0) is 46.7. The fourth-order valence-corrected chi connectivity index (χ4v) is 7.19. The van der Waals surface area contributed by atoms with E-state index in [-0.39, 0.29) is 23.9 Å². The minimum atomic E-state index is -1.81. The van der Waals surface area contributed by atoms with Crippen LogP contribution in [-0.2, 0) is 32.0 Å². The minimum absolute atomic E-state index is 0.0578. The first-order valence-electron chi connectivity index (χ1n) is 21.6. The summed E-state index contributed by atoms with van der Waals surface area (Å²) in [5, 5.41) is 21.3. The van der Waals surface area contributed by atoms with Crippen molar-refractivity contribution in [1.29, 1.82) is 0 Å². The molecule has 17 heteroatoms. The molecule has 16 nitrogen and oxygen atoms in total. The molecular weight excluding hydrogens is 807 g/mol. The molecule has 0 unspecified atom stereocenters. The average molecular weight is 875 g/mol. The maximum Gasteiger partial charge on any atom is 0.506 e. The highest BCUT2D eigenvalue weighted by Gasteiger charge is 2.30. The lowest BCUT2D eigenvalue weighted by molar-refractivity contribution is 0.0129. The van der Waals surface area contributed by atoms with E-state index >= 15 is 0 Å². The van der Waals surface area contributed by atoms with Crippen LogP contribution < -0.4 is 5.59 Å². The largest absolute Gasteiger partial charge is 0.506 e. The molecule has 0 spiro atoms. The van der Waals surface area contributed by atoms with Gasteiger partial charge in [0.2, 0.25) is 0 Å². The molecular formula is C46H67BN6O10. The number of fused-ring (bicyclic) bond motifs is 2. The maximum atomic E-state index is 12.7. The van der Waals surface area contributed by atoms with Gasteiger partial charge in [-0.15, -0.1) is 0 Å². The Kier molecular flexibility index (Phi) is 15.0. The van der Waals surface area contributed by atoms with Gasteiger partial charge < -0.3 is 38.8 Å². The summed E-state index contributed by atoms with van der Waals surface area (Å²) >= 11 is 0. The Bertz CT molecular complexity index is 2240. The van der Waals surface area contributed by atoms with Gasteiger partial charge >= 0.3 is 31.5 Å². The Labute approximate surface area is 371 Å². The second-order valence-electron chi connectivity index (χ2n) is 20.2. The summed E-state index contributed by atoms with van der Waals surface area (Å²) in [5.41, 5.74) is 1.40. The molecule has 4 aromatic rings. The quantitative estimate of drug-likeness (QED) is 0.162. The number of hydrogen-bond acceptors (Lipinski definition) is 12. The van der Waals surface area contributed by atoms with E-state index < -0.39 is 35.6 Å². The van der Waals surface area contributed by atoms with Crippen molar-refractivity contribution in [2.24, 2.45) is 0 Å². The molecule has 0 saturated carbocycles. The number of aromatic nitrogens is 2. The molecule has 0 aliphatic carbocycles. The minimum Gasteiger partial charge on any atom is -0.444 e. The summed E-state index contributed by atoms with van der Waals surface area (Å²) in [6, 6.07) is 15.3. The van der Waals surface area contributed by atoms with Crippen LogP contribution in [0, 0.1) is 0 Å². The van der Waals surface area contributed by atoms with Gasteiger partial charge in [-0.25, -0.2) is 19.2 Å². The molecule has 2 aliphatic rings. The Morgan fingerprint density at radius 2 is 0.905 bits per heavy atom. The van der Waals surface area contributed by atoms with E-state index in [9.17, 15) is 29.2 Å². The van der Waals surface area contributed by atoms with Crippen LogP contribution in [0.5, 0.6) is 0 Å². The second kappa shape index (κ2) is 19.3. The lowest BCUT2D eigenvalue weighted by Gasteiger charge is -2.35. The molecule has 2 amide bonds. The highest BCUT2D eigenvalue weighted by molar-refractivity contribution is 6.59. The Balaban J connectivity index is 0.000000239. The lowest BCUT2D eigenvalue weighted by atomic mass is 9.86. The number of ether oxygens (including phenoxy) is 4. The third-order valence-corrected chi connectivity index (χ3v) is 9.94. The van der Waals surface area contributed by atoms with Gasteiger partial charge in [-0.3, -0.25) is 18.9 Å². The molecule has 6 rings (SSSR count). The van der Waals surface area contributed by atoms with Crippen LogP contribution in [-0.4, -0.2) is 145 Å². The van der Waals surface area contributed by atoms with Gasteiger partial charge in [0, 0.05) is 82.4 Å². The summed E-state index contributed by atoms with van der Waals surface area (Å²) in [4.78, 5) is 57.6. The first-order chi connectivity index (χ1) is 29.1. The van der Waals surface area contributed by atoms with Crippen molar-refractivity contribution in [2.45, 2.75) is 119 Å². The molecule has 2 N–H and O–H groups in total. The van der Waals surface area contributed by atoms with Crippen LogP contribution in [0.1, 0.15) is 94.2 Å². The van der Waals surface area contributed by atoms with Crippen molar-refractivity contribution in [3.05, 3.63) is 65.9 Å². The number of piperazine rings is 2. The van der Waals surface area contributed by atoms with Crippen molar-refractivity contribution in [3.8, 4) is 0 Å². The van der Waals surface area contributed by atoms with E-state index in [0.717, 1.165) is 49.2 Å². The van der Waals surface area contributed by atoms with Crippen molar-refractivity contribution < 1.29 is 48.2 Å². The van der Waals surface area contributed by atoms with E-state index in [1.165, 1.54) is 10.1 Å². The van der Waals surface area contributed by atoms with Crippen LogP contribution in [0.25, 0.3) is 21.8 Å². The number of nitrogens with zero attached hydrogens (tertiary/aromatic N) is 6. The smallest absolute Gasteiger partial charge is 0.444 e. The molecule has 2 aromatic carbocycles. The predicted molar refractivity (Wildman–Crippen MR) is 243 cm³/mol. The molecule has 2 saturated heterocycles. The van der Waals surface area contributed by atoms with E-state index in [2.05, 4.69) is 15.9 Å². The van der Waals surface area contributed by atoms with Gasteiger partial charge in [0.25, 0.3) is 0 Å². The second-order valence-corrected chi connectivity index (χ2v) is 20.2. The van der Waals surface area contributed by atoms with E-state index in [1.54, 1.807) is 53.5 Å². The molecule has 4 heterocycles. The molecule has 344 valence electrons. The standard InChI is InChI=1S/C23H34BN3O6.C23H33N3O4/c1-22(2,3)32-20(28)26-11-9-25(10-12-26)15-16-7-8-18-17(13-16)14-19(24(30)31)27(18)21(29)33-23(4,5)6;1-22(2,3)29-20(27)25-13-11-24(12-14-25)16-17-7-8-19-18(15-17)9-10-26(19)21(28)30-23(4,5)6/h7-8,13-14,30-31H,9-12,15H2,1-6H3;7-10,15H,11-14,16H2,1-6H3.